The molecule has 0 aromatic carbocycles. The van der Waals surface area contributed by atoms with Crippen LogP contribution in [-0.2, 0) is 17.1 Å². The Hall–Kier alpha value is -1.34. The first-order valence-corrected chi connectivity index (χ1v) is 7.68. The highest BCUT2D eigenvalue weighted by Crippen LogP contribution is 2.19. The minimum atomic E-state index is -3.61. The maximum atomic E-state index is 12.4. The van der Waals surface area contributed by atoms with Gasteiger partial charge in [-0.1, -0.05) is 13.8 Å². The van der Waals surface area contributed by atoms with Crippen LogP contribution in [0.25, 0.3) is 0 Å². The highest BCUT2D eigenvalue weighted by molar-refractivity contribution is 7.89. The van der Waals surface area contributed by atoms with Crippen molar-refractivity contribution in [3.8, 4) is 0 Å². The third-order valence-corrected chi connectivity index (χ3v) is 4.65. The number of nitrogens with zero attached hydrogens (tertiary/aromatic N) is 2. The maximum Gasteiger partial charge on any atom is 0.352 e. The number of aryl methyl sites for hydroxylation is 1. The summed E-state index contributed by atoms with van der Waals surface area (Å²) in [5.41, 5.74) is -0.0356. The fourth-order valence-electron chi connectivity index (χ4n) is 1.89. The number of carboxylic acids is 1. The lowest BCUT2D eigenvalue weighted by Gasteiger charge is -2.20. The molecule has 0 aliphatic heterocycles. The molecule has 1 rings (SSSR count). The first kappa shape index (κ1) is 15.7. The van der Waals surface area contributed by atoms with E-state index >= 15 is 0 Å². The maximum absolute atomic E-state index is 12.4. The molecule has 0 saturated heterocycles. The van der Waals surface area contributed by atoms with Crippen LogP contribution in [0.15, 0.2) is 17.2 Å². The molecule has 7 heteroatoms. The van der Waals surface area contributed by atoms with Gasteiger partial charge in [0.05, 0.1) is 0 Å². The van der Waals surface area contributed by atoms with E-state index in [1.165, 1.54) is 28.2 Å². The van der Waals surface area contributed by atoms with E-state index in [0.29, 0.717) is 13.1 Å². The van der Waals surface area contributed by atoms with Crippen LogP contribution >= 0.6 is 0 Å². The van der Waals surface area contributed by atoms with Gasteiger partial charge in [0, 0.05) is 26.3 Å². The van der Waals surface area contributed by atoms with E-state index in [0.717, 1.165) is 12.8 Å². The Balaban J connectivity index is 3.17. The Kier molecular flexibility index (Phi) is 5.13. The average molecular weight is 288 g/mol. The predicted molar refractivity (Wildman–Crippen MR) is 71.7 cm³/mol. The second kappa shape index (κ2) is 6.21. The summed E-state index contributed by atoms with van der Waals surface area (Å²) in [4.78, 5) is 11.0. The number of sulfonamides is 1. The molecule has 1 aromatic rings. The van der Waals surface area contributed by atoms with Crippen LogP contribution < -0.4 is 0 Å². The molecule has 0 bridgehead atoms. The van der Waals surface area contributed by atoms with Gasteiger partial charge in [-0.3, -0.25) is 0 Å². The summed E-state index contributed by atoms with van der Waals surface area (Å²) in [6.45, 7) is 4.69. The van der Waals surface area contributed by atoms with E-state index < -0.39 is 16.0 Å². The number of carbonyl (C=O) groups is 1. The fraction of sp³-hybridized carbons (Fsp3) is 0.583. The molecule has 0 aliphatic rings. The van der Waals surface area contributed by atoms with Crippen molar-refractivity contribution >= 4 is 16.0 Å². The Morgan fingerprint density at radius 2 is 1.84 bits per heavy atom. The second-order valence-electron chi connectivity index (χ2n) is 4.38. The number of aromatic nitrogens is 1. The molecule has 1 N–H and O–H groups in total. The zero-order valence-corrected chi connectivity index (χ0v) is 12.3. The predicted octanol–water partition coefficient (Wildman–Crippen LogP) is 1.53. The van der Waals surface area contributed by atoms with Crippen LogP contribution in [0.5, 0.6) is 0 Å². The third kappa shape index (κ3) is 3.36. The number of rotatable bonds is 7. The minimum absolute atomic E-state index is 0.0356. The highest BCUT2D eigenvalue weighted by atomic mass is 32.2. The number of hydrogen-bond donors (Lipinski definition) is 1. The van der Waals surface area contributed by atoms with Gasteiger partial charge in [-0.05, 0) is 18.9 Å². The van der Waals surface area contributed by atoms with Crippen molar-refractivity contribution in [1.29, 1.82) is 0 Å². The lowest BCUT2D eigenvalue weighted by Crippen LogP contribution is -2.32. The van der Waals surface area contributed by atoms with Gasteiger partial charge in [-0.15, -0.1) is 0 Å². The van der Waals surface area contributed by atoms with Crippen LogP contribution in [0.3, 0.4) is 0 Å². The zero-order valence-electron chi connectivity index (χ0n) is 11.5. The molecule has 0 atom stereocenters. The van der Waals surface area contributed by atoms with Gasteiger partial charge in [0.15, 0.2) is 0 Å². The van der Waals surface area contributed by atoms with Crippen molar-refractivity contribution in [2.75, 3.05) is 13.1 Å². The molecule has 1 aromatic heterocycles. The molecule has 0 fully saturated rings. The van der Waals surface area contributed by atoms with Gasteiger partial charge in [0.25, 0.3) is 0 Å². The monoisotopic (exact) mass is 288 g/mol. The standard InChI is InChI=1S/C12H20N2O4S/c1-4-6-14(7-5-2)19(17,18)10-8-11(12(15)16)13(3)9-10/h8-9H,4-7H2,1-3H3,(H,15,16). The van der Waals surface area contributed by atoms with Crippen LogP contribution in [0, 0.1) is 0 Å². The topological polar surface area (TPSA) is 79.6 Å². The lowest BCUT2D eigenvalue weighted by atomic mass is 10.4. The molecule has 6 nitrogen and oxygen atoms in total. The van der Waals surface area contributed by atoms with Crippen LogP contribution in [0.2, 0.25) is 0 Å². The van der Waals surface area contributed by atoms with Crippen LogP contribution in [-0.4, -0.2) is 41.5 Å². The minimum Gasteiger partial charge on any atom is -0.477 e. The van der Waals surface area contributed by atoms with E-state index in [2.05, 4.69) is 0 Å². The van der Waals surface area contributed by atoms with Crippen molar-refractivity contribution in [3.05, 3.63) is 18.0 Å². The summed E-state index contributed by atoms with van der Waals surface area (Å²) in [6, 6.07) is 1.20. The molecule has 19 heavy (non-hydrogen) atoms. The first-order valence-electron chi connectivity index (χ1n) is 6.24. The molecule has 0 radical (unpaired) electrons. The quantitative estimate of drug-likeness (QED) is 0.825. The van der Waals surface area contributed by atoms with Crippen molar-refractivity contribution < 1.29 is 18.3 Å². The van der Waals surface area contributed by atoms with Crippen LogP contribution in [0.4, 0.5) is 0 Å². The van der Waals surface area contributed by atoms with E-state index in [4.69, 9.17) is 5.11 Å². The second-order valence-corrected chi connectivity index (χ2v) is 6.32. The Bertz CT molecular complexity index is 542. The summed E-state index contributed by atoms with van der Waals surface area (Å²) < 4.78 is 27.5. The Labute approximate surface area is 113 Å². The zero-order chi connectivity index (χ0) is 14.6. The molecule has 1 heterocycles. The van der Waals surface area contributed by atoms with Gasteiger partial charge in [-0.2, -0.15) is 4.31 Å². The van der Waals surface area contributed by atoms with Crippen molar-refractivity contribution in [2.45, 2.75) is 31.6 Å². The molecular formula is C12H20N2O4S. The van der Waals surface area contributed by atoms with Crippen molar-refractivity contribution in [1.82, 2.24) is 8.87 Å². The van der Waals surface area contributed by atoms with Gasteiger partial charge in [0.1, 0.15) is 10.6 Å². The molecular weight excluding hydrogens is 268 g/mol. The molecule has 0 spiro atoms. The van der Waals surface area contributed by atoms with Gasteiger partial charge in [-0.25, -0.2) is 13.2 Å². The summed E-state index contributed by atoms with van der Waals surface area (Å²) in [6.07, 6.45) is 2.78. The third-order valence-electron chi connectivity index (χ3n) is 2.78. The van der Waals surface area contributed by atoms with Gasteiger partial charge >= 0.3 is 5.97 Å². The molecule has 0 aliphatic carbocycles. The molecule has 0 amide bonds. The number of carboxylic acid groups (broad SMARTS) is 1. The summed E-state index contributed by atoms with van der Waals surface area (Å²) in [7, 11) is -2.09. The SMILES string of the molecule is CCCN(CCC)S(=O)(=O)c1cc(C(=O)O)n(C)c1. The van der Waals surface area contributed by atoms with Crippen molar-refractivity contribution in [2.24, 2.45) is 7.05 Å². The highest BCUT2D eigenvalue weighted by Gasteiger charge is 2.26. The fourth-order valence-corrected chi connectivity index (χ4v) is 3.58. The number of hydrogen-bond acceptors (Lipinski definition) is 3. The van der Waals surface area contributed by atoms with E-state index in [-0.39, 0.29) is 10.6 Å². The van der Waals surface area contributed by atoms with E-state index in [1.54, 1.807) is 0 Å². The van der Waals surface area contributed by atoms with Crippen molar-refractivity contribution in [3.63, 3.8) is 0 Å². The molecule has 108 valence electrons. The first-order chi connectivity index (χ1) is 8.84. The average Bonchev–Trinajstić information content (AvgIpc) is 2.72. The Morgan fingerprint density at radius 3 is 2.21 bits per heavy atom. The normalized spacial score (nSPS) is 12.0. The Morgan fingerprint density at radius 1 is 1.32 bits per heavy atom. The smallest absolute Gasteiger partial charge is 0.352 e. The summed E-state index contributed by atoms with van der Waals surface area (Å²) >= 11 is 0. The molecule has 0 unspecified atom stereocenters. The molecule has 0 saturated carbocycles. The summed E-state index contributed by atoms with van der Waals surface area (Å²) in [5.74, 6) is -1.14. The van der Waals surface area contributed by atoms with Gasteiger partial charge < -0.3 is 9.67 Å². The summed E-state index contributed by atoms with van der Waals surface area (Å²) in [5, 5.41) is 8.96. The number of aromatic carboxylic acids is 1. The van der Waals surface area contributed by atoms with E-state index in [1.807, 2.05) is 13.8 Å². The van der Waals surface area contributed by atoms with Gasteiger partial charge in [0.2, 0.25) is 10.0 Å². The largest absolute Gasteiger partial charge is 0.477 e. The van der Waals surface area contributed by atoms with Crippen LogP contribution in [0.1, 0.15) is 37.2 Å². The van der Waals surface area contributed by atoms with E-state index in [9.17, 15) is 13.2 Å². The lowest BCUT2D eigenvalue weighted by molar-refractivity contribution is 0.0686.